The van der Waals surface area contributed by atoms with Crippen molar-refractivity contribution < 1.29 is 13.2 Å². The van der Waals surface area contributed by atoms with Crippen molar-refractivity contribution in [3.63, 3.8) is 0 Å². The molecule has 1 fully saturated rings. The summed E-state index contributed by atoms with van der Waals surface area (Å²) in [7, 11) is -3.36. The van der Waals surface area contributed by atoms with E-state index in [1.54, 1.807) is 0 Å². The molecule has 0 aliphatic carbocycles. The van der Waals surface area contributed by atoms with Gasteiger partial charge in [-0.05, 0) is 38.5 Å². The molecule has 2 amide bonds. The number of carbonyl (C=O) groups excluding carboxylic acids is 1. The smallest absolute Gasteiger partial charge is 0.315 e. The zero-order valence-corrected chi connectivity index (χ0v) is 16.0. The molecule has 0 radical (unpaired) electrons. The molecule has 25 heavy (non-hydrogen) atoms. The normalized spacial score (nSPS) is 16.1. The Bertz CT molecular complexity index is 683. The quantitative estimate of drug-likeness (QED) is 0.789. The van der Waals surface area contributed by atoms with Gasteiger partial charge < -0.3 is 15.5 Å². The summed E-state index contributed by atoms with van der Waals surface area (Å²) >= 11 is 0. The number of nitrogens with one attached hydrogen (secondary N) is 2. The van der Waals surface area contributed by atoms with Crippen LogP contribution in [0, 0.1) is 6.92 Å². The zero-order valence-electron chi connectivity index (χ0n) is 15.2. The van der Waals surface area contributed by atoms with Crippen molar-refractivity contribution in [3.8, 4) is 0 Å². The molecule has 0 spiro atoms. The van der Waals surface area contributed by atoms with Crippen LogP contribution >= 0.6 is 0 Å². The second kappa shape index (κ2) is 8.53. The van der Waals surface area contributed by atoms with Crippen molar-refractivity contribution in [1.29, 1.82) is 0 Å². The van der Waals surface area contributed by atoms with Gasteiger partial charge in [-0.25, -0.2) is 13.2 Å². The Morgan fingerprint density at radius 1 is 1.20 bits per heavy atom. The highest BCUT2D eigenvalue weighted by molar-refractivity contribution is 7.89. The first-order chi connectivity index (χ1) is 11.8. The molecule has 2 N–H and O–H groups in total. The van der Waals surface area contributed by atoms with Crippen LogP contribution in [0.15, 0.2) is 24.3 Å². The Balaban J connectivity index is 1.81. The molecule has 1 aliphatic heterocycles. The first kappa shape index (κ1) is 19.5. The lowest BCUT2D eigenvalue weighted by molar-refractivity contribution is 0.239. The number of sulfonamides is 1. The Hall–Kier alpha value is -1.80. The van der Waals surface area contributed by atoms with Crippen LogP contribution < -0.4 is 15.5 Å². The van der Waals surface area contributed by atoms with Gasteiger partial charge in [0, 0.05) is 44.5 Å². The number of aryl methyl sites for hydroxylation is 1. The number of hydrogen-bond acceptors (Lipinski definition) is 4. The summed E-state index contributed by atoms with van der Waals surface area (Å²) in [5.74, 6) is -0.0804. The van der Waals surface area contributed by atoms with Crippen LogP contribution in [0.1, 0.15) is 19.4 Å². The van der Waals surface area contributed by atoms with E-state index in [9.17, 15) is 13.2 Å². The number of rotatable bonds is 6. The fourth-order valence-electron chi connectivity index (χ4n) is 2.78. The van der Waals surface area contributed by atoms with E-state index in [0.29, 0.717) is 26.2 Å². The van der Waals surface area contributed by atoms with Crippen LogP contribution in [-0.2, 0) is 10.0 Å². The molecule has 0 atom stereocenters. The van der Waals surface area contributed by atoms with E-state index in [-0.39, 0.29) is 24.4 Å². The van der Waals surface area contributed by atoms with E-state index in [1.807, 2.05) is 32.9 Å². The van der Waals surface area contributed by atoms with Gasteiger partial charge in [-0.15, -0.1) is 0 Å². The fourth-order valence-corrected chi connectivity index (χ4v) is 4.12. The zero-order chi connectivity index (χ0) is 18.4. The molecule has 2 rings (SSSR count). The van der Waals surface area contributed by atoms with Gasteiger partial charge in [-0.2, -0.15) is 4.31 Å². The summed E-state index contributed by atoms with van der Waals surface area (Å²) in [6, 6.07) is 7.91. The summed E-state index contributed by atoms with van der Waals surface area (Å²) < 4.78 is 26.4. The van der Waals surface area contributed by atoms with E-state index >= 15 is 0 Å². The van der Waals surface area contributed by atoms with Crippen LogP contribution in [0.2, 0.25) is 0 Å². The minimum Gasteiger partial charge on any atom is -0.369 e. The molecule has 0 unspecified atom stereocenters. The third-order valence-corrected chi connectivity index (χ3v) is 5.94. The fraction of sp³-hybridized carbons (Fsp3) is 0.588. The molecule has 0 saturated carbocycles. The summed E-state index contributed by atoms with van der Waals surface area (Å²) in [6.07, 6.45) is 0. The number of amides is 2. The summed E-state index contributed by atoms with van der Waals surface area (Å²) in [5, 5.41) is 5.26. The average Bonchev–Trinajstić information content (AvgIpc) is 2.54. The molecular weight excluding hydrogens is 340 g/mol. The van der Waals surface area contributed by atoms with Crippen molar-refractivity contribution in [2.45, 2.75) is 26.8 Å². The maximum absolute atomic E-state index is 12.4. The monoisotopic (exact) mass is 368 g/mol. The van der Waals surface area contributed by atoms with Gasteiger partial charge in [-0.3, -0.25) is 0 Å². The maximum Gasteiger partial charge on any atom is 0.315 e. The SMILES string of the molecule is Cc1cccc(N2CCN(S(=O)(=O)CCNC(=O)NC(C)C)CC2)c1. The predicted molar refractivity (Wildman–Crippen MR) is 100 cm³/mol. The first-order valence-electron chi connectivity index (χ1n) is 8.62. The highest BCUT2D eigenvalue weighted by Gasteiger charge is 2.26. The second-order valence-electron chi connectivity index (χ2n) is 6.60. The van der Waals surface area contributed by atoms with E-state index in [1.165, 1.54) is 9.87 Å². The van der Waals surface area contributed by atoms with Crippen molar-refractivity contribution in [2.24, 2.45) is 0 Å². The van der Waals surface area contributed by atoms with Gasteiger partial charge in [0.05, 0.1) is 5.75 Å². The van der Waals surface area contributed by atoms with E-state index in [0.717, 1.165) is 5.69 Å². The third-order valence-electron chi connectivity index (χ3n) is 4.06. The van der Waals surface area contributed by atoms with Crippen LogP contribution in [0.3, 0.4) is 0 Å². The van der Waals surface area contributed by atoms with Crippen LogP contribution in [-0.4, -0.2) is 63.3 Å². The number of urea groups is 1. The molecule has 0 bridgehead atoms. The van der Waals surface area contributed by atoms with Crippen molar-refractivity contribution in [2.75, 3.05) is 43.4 Å². The van der Waals surface area contributed by atoms with Crippen LogP contribution in [0.5, 0.6) is 0 Å². The molecule has 8 heteroatoms. The van der Waals surface area contributed by atoms with Crippen molar-refractivity contribution >= 4 is 21.7 Å². The van der Waals surface area contributed by atoms with Gasteiger partial charge in [-0.1, -0.05) is 12.1 Å². The van der Waals surface area contributed by atoms with Gasteiger partial charge in [0.25, 0.3) is 0 Å². The molecule has 1 aromatic carbocycles. The van der Waals surface area contributed by atoms with Crippen molar-refractivity contribution in [3.05, 3.63) is 29.8 Å². The van der Waals surface area contributed by atoms with Crippen LogP contribution in [0.25, 0.3) is 0 Å². The molecule has 1 aliphatic rings. The Morgan fingerprint density at radius 2 is 1.88 bits per heavy atom. The van der Waals surface area contributed by atoms with Gasteiger partial charge >= 0.3 is 6.03 Å². The van der Waals surface area contributed by atoms with Crippen LogP contribution in [0.4, 0.5) is 10.5 Å². The van der Waals surface area contributed by atoms with E-state index in [2.05, 4.69) is 27.7 Å². The highest BCUT2D eigenvalue weighted by atomic mass is 32.2. The number of carbonyl (C=O) groups is 1. The molecular formula is C17H28N4O3S. The van der Waals surface area contributed by atoms with Gasteiger partial charge in [0.15, 0.2) is 0 Å². The van der Waals surface area contributed by atoms with Gasteiger partial charge in [0.1, 0.15) is 0 Å². The minimum atomic E-state index is -3.36. The predicted octanol–water partition coefficient (Wildman–Crippen LogP) is 1.15. The van der Waals surface area contributed by atoms with E-state index < -0.39 is 10.0 Å². The molecule has 1 saturated heterocycles. The lowest BCUT2D eigenvalue weighted by atomic mass is 10.2. The molecule has 1 aromatic rings. The lowest BCUT2D eigenvalue weighted by Crippen LogP contribution is -2.50. The average molecular weight is 369 g/mol. The summed E-state index contributed by atoms with van der Waals surface area (Å²) in [4.78, 5) is 13.7. The highest BCUT2D eigenvalue weighted by Crippen LogP contribution is 2.18. The molecule has 0 aromatic heterocycles. The number of nitrogens with zero attached hydrogens (tertiary/aromatic N) is 2. The Labute approximate surface area is 150 Å². The molecule has 7 nitrogen and oxygen atoms in total. The second-order valence-corrected chi connectivity index (χ2v) is 8.68. The number of hydrogen-bond donors (Lipinski definition) is 2. The first-order valence-corrected chi connectivity index (χ1v) is 10.2. The standard InChI is InChI=1S/C17H28N4O3S/c1-14(2)19-17(22)18-7-12-25(23,24)21-10-8-20(9-11-21)16-6-4-5-15(3)13-16/h4-6,13-14H,7-12H2,1-3H3,(H2,18,19,22). The molecule has 140 valence electrons. The Morgan fingerprint density at radius 3 is 2.48 bits per heavy atom. The number of piperazine rings is 1. The Kier molecular flexibility index (Phi) is 6.66. The van der Waals surface area contributed by atoms with E-state index in [4.69, 9.17) is 0 Å². The topological polar surface area (TPSA) is 81.8 Å². The number of benzene rings is 1. The minimum absolute atomic E-state index is 0.0197. The summed E-state index contributed by atoms with van der Waals surface area (Å²) in [5.41, 5.74) is 2.32. The largest absolute Gasteiger partial charge is 0.369 e. The lowest BCUT2D eigenvalue weighted by Gasteiger charge is -2.35. The molecule has 1 heterocycles. The third kappa shape index (κ3) is 5.89. The van der Waals surface area contributed by atoms with Gasteiger partial charge in [0.2, 0.25) is 10.0 Å². The maximum atomic E-state index is 12.4. The number of anilines is 1. The summed E-state index contributed by atoms with van der Waals surface area (Å²) in [6.45, 7) is 8.14. The van der Waals surface area contributed by atoms with Crippen molar-refractivity contribution in [1.82, 2.24) is 14.9 Å².